The molecule has 0 bridgehead atoms. The van der Waals surface area contributed by atoms with Crippen molar-refractivity contribution in [2.24, 2.45) is 0 Å². The van der Waals surface area contributed by atoms with Crippen LogP contribution in [-0.2, 0) is 16.5 Å². The molecular weight excluding hydrogens is 1230 g/mol. The van der Waals surface area contributed by atoms with Crippen molar-refractivity contribution < 1.29 is 16.5 Å². The molecule has 0 spiro atoms. The van der Waals surface area contributed by atoms with Gasteiger partial charge in [-0.3, -0.25) is 30.6 Å². The monoisotopic (exact) mass is 1290 g/mol. The van der Waals surface area contributed by atoms with E-state index in [1.54, 1.807) is 0 Å². The molecule has 6 N–H and O–H groups in total. The molecule has 0 saturated carbocycles. The maximum atomic E-state index is 4.46. The molecule has 95 heavy (non-hydrogen) atoms. The van der Waals surface area contributed by atoms with Gasteiger partial charge in [0.05, 0.1) is 0 Å². The molecule has 0 saturated heterocycles. The van der Waals surface area contributed by atoms with Crippen molar-refractivity contribution in [1.29, 1.82) is 0 Å². The van der Waals surface area contributed by atoms with Crippen LogP contribution in [0.15, 0.2) is 334 Å². The second kappa shape index (κ2) is 29.4. The normalized spacial score (nSPS) is 11.1. The van der Waals surface area contributed by atoms with Crippen molar-refractivity contribution in [3.8, 4) is 67.5 Å². The first-order valence-corrected chi connectivity index (χ1v) is 33.1. The van der Waals surface area contributed by atoms with Crippen LogP contribution in [0.4, 0.5) is 0 Å². The van der Waals surface area contributed by atoms with E-state index in [9.17, 15) is 0 Å². The van der Waals surface area contributed by atoms with Gasteiger partial charge in [0.15, 0.2) is 0 Å². The van der Waals surface area contributed by atoms with Crippen molar-refractivity contribution in [1.82, 2.24) is 61.2 Å². The predicted octanol–water partition coefficient (Wildman–Crippen LogP) is 11.4. The Morgan fingerprint density at radius 1 is 0.232 bits per heavy atom. The van der Waals surface area contributed by atoms with Gasteiger partial charge in [-0.25, -0.2) is 0 Å². The zero-order valence-corrected chi connectivity index (χ0v) is 53.7. The second-order valence-electron chi connectivity index (χ2n) is 22.7. The third-order valence-electron chi connectivity index (χ3n) is 17.2. The van der Waals surface area contributed by atoms with Gasteiger partial charge in [-0.15, -0.1) is 0 Å². The molecule has 16 heteroatoms. The molecule has 16 aromatic rings. The zero-order chi connectivity index (χ0) is 63.3. The van der Waals surface area contributed by atoms with Gasteiger partial charge in [-0.1, -0.05) is 255 Å². The van der Waals surface area contributed by atoms with Crippen LogP contribution in [0.3, 0.4) is 0 Å². The average Bonchev–Trinajstić information content (AvgIpc) is 1.60. The molecule has 0 fully saturated rings. The molecule has 0 aliphatic heterocycles. The van der Waals surface area contributed by atoms with E-state index in [4.69, 9.17) is 0 Å². The van der Waals surface area contributed by atoms with E-state index >= 15 is 0 Å². The number of hydrogen-bond acceptors (Lipinski definition) is 6. The summed E-state index contributed by atoms with van der Waals surface area (Å²) >= 11 is 0. The zero-order valence-electron chi connectivity index (χ0n) is 51.9. The van der Waals surface area contributed by atoms with Crippen molar-refractivity contribution in [2.45, 2.75) is 6.92 Å². The molecule has 460 valence electrons. The minimum absolute atomic E-state index is 0. The van der Waals surface area contributed by atoms with Crippen LogP contribution in [0, 0.1) is 6.92 Å². The topological polar surface area (TPSA) is 172 Å². The van der Waals surface area contributed by atoms with E-state index < -0.39 is 7.26 Å². The van der Waals surface area contributed by atoms with Crippen molar-refractivity contribution in [3.63, 3.8) is 0 Å². The second-order valence-corrected chi connectivity index (χ2v) is 26.1. The maximum absolute atomic E-state index is 4.46. The first-order chi connectivity index (χ1) is 46.6. The molecule has 12 nitrogen and oxygen atoms in total. The Hall–Kier alpha value is -11.5. The van der Waals surface area contributed by atoms with Gasteiger partial charge < -0.3 is 0 Å². The van der Waals surface area contributed by atoms with Gasteiger partial charge in [0.1, 0.15) is 28.5 Å². The summed E-state index contributed by atoms with van der Waals surface area (Å²) in [4.78, 5) is 0. The molecule has 0 aliphatic carbocycles. The number of nitrogens with one attached hydrogen (secondary N) is 6. The maximum Gasteiger partial charge on any atom is 2.00 e. The number of rotatable bonds is 16. The molecular formula is C79H64B2N12NiP+. The van der Waals surface area contributed by atoms with Crippen molar-refractivity contribution in [2.75, 3.05) is 0 Å². The van der Waals surface area contributed by atoms with Crippen molar-refractivity contribution in [3.05, 3.63) is 340 Å². The summed E-state index contributed by atoms with van der Waals surface area (Å²) < 4.78 is 0. The first kappa shape index (κ1) is 62.3. The van der Waals surface area contributed by atoms with Crippen LogP contribution < -0.4 is 54.0 Å². The fourth-order valence-corrected chi connectivity index (χ4v) is 17.4. The number of H-pyrrole nitrogens is 6. The smallest absolute Gasteiger partial charge is 0.281 e. The van der Waals surface area contributed by atoms with Crippen molar-refractivity contribution >= 4 is 74.7 Å². The Morgan fingerprint density at radius 3 is 0.611 bits per heavy atom. The largest absolute Gasteiger partial charge is 2.00 e. The number of aryl methyl sites for hydroxylation is 1. The number of aromatic amines is 6. The minimum atomic E-state index is -1.94. The third-order valence-corrected chi connectivity index (χ3v) is 21.6. The molecule has 0 amide bonds. The van der Waals surface area contributed by atoms with Gasteiger partial charge in [0, 0.05) is 71.3 Å². The van der Waals surface area contributed by atoms with Gasteiger partial charge in [-0.2, -0.15) is 63.4 Å². The summed E-state index contributed by atoms with van der Waals surface area (Å²) in [6.45, 7) is 1.92. The summed E-state index contributed by atoms with van der Waals surface area (Å²) in [6, 6.07) is 104. The standard InChI is InChI=1S/2C27H21BN6.C25H22P.Ni/c2*1-4-10-19(11-5-1)25-22(16-29-32-25)28(23-17-30-33-26(23)20-12-6-2-7-13-20)24-18-31-34-27(24)21-14-8-3-9-15-21;1-21-13-11-12-20-25(21)26(22-14-5-2-6-15-22,23-16-7-3-8-17-23)24-18-9-4-10-19-24;/h2*1-18H,(H,29,32)(H,30,33)(H,31,34);2-20H,1H3;/q2*-1;+1;+2. The Bertz CT molecular complexity index is 4290. The van der Waals surface area contributed by atoms with E-state index in [-0.39, 0.29) is 29.9 Å². The van der Waals surface area contributed by atoms with E-state index in [1.165, 1.54) is 26.8 Å². The van der Waals surface area contributed by atoms with Crippen LogP contribution in [0.25, 0.3) is 67.5 Å². The molecule has 0 unspecified atom stereocenters. The molecule has 16 rings (SSSR count). The van der Waals surface area contributed by atoms with Gasteiger partial charge in [-0.05, 0) is 102 Å². The Labute approximate surface area is 563 Å². The number of aromatic nitrogens is 12. The van der Waals surface area contributed by atoms with E-state index in [0.29, 0.717) is 0 Å². The molecule has 0 aliphatic rings. The summed E-state index contributed by atoms with van der Waals surface area (Å²) in [5.41, 5.74) is 20.0. The molecule has 6 aromatic heterocycles. The SMILES string of the molecule is Cc1ccccc1[P+](c1ccccc1)(c1ccccc1)c1ccccc1.[Ni+2].c1ccc(-c2[nH]ncc2[B-](c2cn[nH]c2-c2ccccc2)c2cn[nH]c2-c2ccccc2)cc1.c1ccc(-c2[nH]ncc2[B-](c2cn[nH]c2-c2ccccc2)c2cn[nH]c2-c2ccccc2)cc1. The van der Waals surface area contributed by atoms with Crippen LogP contribution in [0.1, 0.15) is 5.56 Å². The Balaban J connectivity index is 0.000000130. The fourth-order valence-electron chi connectivity index (χ4n) is 12.9. The number of benzene rings is 10. The summed E-state index contributed by atoms with van der Waals surface area (Å²) in [7, 11) is -1.94. The van der Waals surface area contributed by atoms with E-state index in [0.717, 1.165) is 100 Å². The van der Waals surface area contributed by atoms with E-state index in [2.05, 4.69) is 256 Å². The van der Waals surface area contributed by atoms with Crippen LogP contribution >= 0.6 is 7.26 Å². The quantitative estimate of drug-likeness (QED) is 0.0415. The van der Waals surface area contributed by atoms with Gasteiger partial charge in [0.25, 0.3) is 0 Å². The molecule has 10 aromatic carbocycles. The molecule has 6 heterocycles. The summed E-state index contributed by atoms with van der Waals surface area (Å²) in [5, 5.41) is 51.8. The van der Waals surface area contributed by atoms with Gasteiger partial charge >= 0.3 is 16.5 Å². The Kier molecular flexibility index (Phi) is 19.3. The molecule has 0 atom stereocenters. The predicted molar refractivity (Wildman–Crippen MR) is 389 cm³/mol. The molecule has 2 radical (unpaired) electrons. The fraction of sp³-hybridized carbons (Fsp3) is 0.0127. The summed E-state index contributed by atoms with van der Waals surface area (Å²) in [5.74, 6) is 0. The average molecular weight is 1290 g/mol. The first-order valence-electron chi connectivity index (χ1n) is 31.3. The third kappa shape index (κ3) is 12.9. The number of nitrogens with zero attached hydrogens (tertiary/aromatic N) is 6. The van der Waals surface area contributed by atoms with Crippen LogP contribution in [0.5, 0.6) is 0 Å². The Morgan fingerprint density at radius 2 is 0.411 bits per heavy atom. The van der Waals surface area contributed by atoms with Gasteiger partial charge in [0.2, 0.25) is 0 Å². The van der Waals surface area contributed by atoms with Crippen LogP contribution in [-0.4, -0.2) is 74.6 Å². The van der Waals surface area contributed by atoms with E-state index in [1.807, 2.05) is 146 Å². The summed E-state index contributed by atoms with van der Waals surface area (Å²) in [6.07, 6.45) is 11.5. The minimum Gasteiger partial charge on any atom is -0.281 e. The number of hydrogen-bond donors (Lipinski definition) is 6. The van der Waals surface area contributed by atoms with Crippen LogP contribution in [0.2, 0.25) is 0 Å².